The molecular formula is C27H47F2NO. The molecule has 0 spiro atoms. The largest absolute Gasteiger partial charge is 0.411 e. The molecule has 7 atom stereocenters. The number of oxime groups is 1. The molecule has 0 aromatic carbocycles. The maximum absolute atomic E-state index is 13.8. The third-order valence-electron chi connectivity index (χ3n) is 10.0. The van der Waals surface area contributed by atoms with Gasteiger partial charge in [-0.15, -0.1) is 0 Å². The zero-order valence-electron chi connectivity index (χ0n) is 20.9. The van der Waals surface area contributed by atoms with Gasteiger partial charge in [-0.1, -0.05) is 59.0 Å². The summed E-state index contributed by atoms with van der Waals surface area (Å²) in [5.74, 6) is 1.36. The smallest absolute Gasteiger partial charge is 0.245 e. The van der Waals surface area contributed by atoms with Crippen molar-refractivity contribution in [3.63, 3.8) is 0 Å². The van der Waals surface area contributed by atoms with Gasteiger partial charge in [-0.25, -0.2) is 8.78 Å². The highest BCUT2D eigenvalue weighted by Gasteiger charge is 2.59. The van der Waals surface area contributed by atoms with Crippen molar-refractivity contribution in [2.75, 3.05) is 0 Å². The van der Waals surface area contributed by atoms with Crippen molar-refractivity contribution >= 4 is 5.71 Å². The number of fused-ring (bicyclic) bond motifs is 3. The van der Waals surface area contributed by atoms with Gasteiger partial charge in [0.1, 0.15) is 0 Å². The highest BCUT2D eigenvalue weighted by molar-refractivity contribution is 5.90. The Morgan fingerprint density at radius 3 is 2.39 bits per heavy atom. The topological polar surface area (TPSA) is 32.6 Å². The second kappa shape index (κ2) is 9.29. The van der Waals surface area contributed by atoms with E-state index in [0.29, 0.717) is 29.6 Å². The number of hydrogen-bond donors (Lipinski definition) is 1. The van der Waals surface area contributed by atoms with Gasteiger partial charge >= 0.3 is 0 Å². The molecule has 0 bridgehead atoms. The second-order valence-electron chi connectivity index (χ2n) is 12.5. The molecule has 0 heterocycles. The molecule has 31 heavy (non-hydrogen) atoms. The van der Waals surface area contributed by atoms with Crippen molar-refractivity contribution in [2.24, 2.45) is 51.5 Å². The monoisotopic (exact) mass is 439 g/mol. The zero-order valence-corrected chi connectivity index (χ0v) is 20.9. The van der Waals surface area contributed by atoms with Gasteiger partial charge in [0.25, 0.3) is 0 Å². The van der Waals surface area contributed by atoms with Gasteiger partial charge in [0, 0.05) is 11.8 Å². The Labute approximate surface area is 189 Å². The second-order valence-corrected chi connectivity index (χ2v) is 12.5. The van der Waals surface area contributed by atoms with Crippen molar-refractivity contribution in [1.82, 2.24) is 0 Å². The third kappa shape index (κ3) is 4.98. The van der Waals surface area contributed by atoms with Gasteiger partial charge in [0.05, 0.1) is 5.71 Å². The van der Waals surface area contributed by atoms with E-state index in [-0.39, 0.29) is 11.8 Å². The molecule has 4 heteroatoms. The quantitative estimate of drug-likeness (QED) is 0.298. The average molecular weight is 440 g/mol. The van der Waals surface area contributed by atoms with Crippen LogP contribution >= 0.6 is 0 Å². The minimum absolute atomic E-state index is 0.122. The predicted molar refractivity (Wildman–Crippen MR) is 125 cm³/mol. The molecule has 0 amide bonds. The molecule has 180 valence electrons. The number of hydrogen-bond acceptors (Lipinski definition) is 2. The Kier molecular flexibility index (Phi) is 7.48. The minimum Gasteiger partial charge on any atom is -0.411 e. The fraction of sp³-hybridized carbons (Fsp3) is 0.963. The Balaban J connectivity index is 1.76. The maximum atomic E-state index is 13.8. The summed E-state index contributed by atoms with van der Waals surface area (Å²) in [4.78, 5) is 0. The van der Waals surface area contributed by atoms with Crippen LogP contribution in [-0.4, -0.2) is 16.8 Å². The fourth-order valence-electron chi connectivity index (χ4n) is 8.28. The summed E-state index contributed by atoms with van der Waals surface area (Å²) in [5, 5.41) is 13.4. The molecule has 2 nitrogen and oxygen atoms in total. The molecule has 0 unspecified atom stereocenters. The first-order chi connectivity index (χ1) is 14.4. The molecule has 1 N–H and O–H groups in total. The summed E-state index contributed by atoms with van der Waals surface area (Å²) in [6, 6.07) is 0. The van der Waals surface area contributed by atoms with E-state index in [9.17, 15) is 14.0 Å². The van der Waals surface area contributed by atoms with E-state index in [1.165, 1.54) is 38.5 Å². The first-order valence-electron chi connectivity index (χ1n) is 13.0. The number of alkyl halides is 2. The van der Waals surface area contributed by atoms with Crippen LogP contribution in [0.5, 0.6) is 0 Å². The summed E-state index contributed by atoms with van der Waals surface area (Å²) in [6.45, 7) is 12.8. The molecule has 0 aliphatic heterocycles. The molecule has 3 aliphatic carbocycles. The van der Waals surface area contributed by atoms with Gasteiger partial charge in [0.15, 0.2) is 0 Å². The molecular weight excluding hydrogens is 392 g/mol. The lowest BCUT2D eigenvalue weighted by atomic mass is 9.47. The number of nitrogens with zero attached hydrogens (tertiary/aromatic N) is 1. The van der Waals surface area contributed by atoms with Crippen molar-refractivity contribution in [1.29, 1.82) is 0 Å². The van der Waals surface area contributed by atoms with E-state index in [4.69, 9.17) is 0 Å². The van der Waals surface area contributed by atoms with Gasteiger partial charge in [0.2, 0.25) is 5.92 Å². The van der Waals surface area contributed by atoms with Gasteiger partial charge < -0.3 is 5.21 Å². The standard InChI is InChI=1S/C27H47F2NO/c1-18(2)8-7-9-19(3)21-11-12-22-20-10-13-24(30-31)26(5,16-17-27(6,28)29)23(20)14-15-25(21,22)4/h18-23,31H,7-17H2,1-6H3/t19-,20+,21-,22+,23+,25-,26-/m1/s1. The summed E-state index contributed by atoms with van der Waals surface area (Å²) in [7, 11) is 0. The van der Waals surface area contributed by atoms with Gasteiger partial charge in [-0.05, 0) is 92.8 Å². The molecule has 3 aliphatic rings. The first-order valence-corrected chi connectivity index (χ1v) is 13.0. The highest BCUT2D eigenvalue weighted by Crippen LogP contribution is 2.66. The van der Waals surface area contributed by atoms with Crippen molar-refractivity contribution in [2.45, 2.75) is 118 Å². The van der Waals surface area contributed by atoms with E-state index in [2.05, 4.69) is 39.8 Å². The average Bonchev–Trinajstić information content (AvgIpc) is 3.03. The lowest BCUT2D eigenvalue weighted by Crippen LogP contribution is -2.53. The number of halogens is 2. The summed E-state index contributed by atoms with van der Waals surface area (Å²) < 4.78 is 27.5. The van der Waals surface area contributed by atoms with E-state index < -0.39 is 5.92 Å². The summed E-state index contributed by atoms with van der Waals surface area (Å²) in [5.41, 5.74) is 0.777. The molecule has 0 aromatic heterocycles. The van der Waals surface area contributed by atoms with Crippen LogP contribution in [0, 0.1) is 46.3 Å². The van der Waals surface area contributed by atoms with E-state index in [1.54, 1.807) is 0 Å². The van der Waals surface area contributed by atoms with Crippen LogP contribution in [0.15, 0.2) is 5.16 Å². The fourth-order valence-corrected chi connectivity index (χ4v) is 8.28. The van der Waals surface area contributed by atoms with Crippen LogP contribution in [0.3, 0.4) is 0 Å². The Morgan fingerprint density at radius 1 is 1.06 bits per heavy atom. The van der Waals surface area contributed by atoms with Crippen LogP contribution in [0.1, 0.15) is 112 Å². The zero-order chi connectivity index (χ0) is 23.0. The van der Waals surface area contributed by atoms with Crippen LogP contribution in [-0.2, 0) is 0 Å². The number of rotatable bonds is 8. The third-order valence-corrected chi connectivity index (χ3v) is 10.0. The van der Waals surface area contributed by atoms with Crippen LogP contribution < -0.4 is 0 Å². The van der Waals surface area contributed by atoms with Gasteiger partial charge in [-0.2, -0.15) is 0 Å². The summed E-state index contributed by atoms with van der Waals surface area (Å²) in [6.07, 6.45) is 11.1. The van der Waals surface area contributed by atoms with Crippen molar-refractivity contribution in [3.05, 3.63) is 0 Å². The molecule has 0 radical (unpaired) electrons. The molecule has 0 aromatic rings. The van der Waals surface area contributed by atoms with Crippen molar-refractivity contribution in [3.8, 4) is 0 Å². The Morgan fingerprint density at radius 2 is 1.77 bits per heavy atom. The normalized spacial score (nSPS) is 40.7. The predicted octanol–water partition coefficient (Wildman–Crippen LogP) is 8.57. The SMILES string of the molecule is CC(C)CCC[C@@H](C)[C@H]1CC[C@H]2[C@@H]3CCC(=NO)[C@](C)(CCC(C)(F)F)[C@H]3CC[C@]12C. The molecule has 3 rings (SSSR count). The lowest BCUT2D eigenvalue weighted by Gasteiger charge is -2.57. The van der Waals surface area contributed by atoms with E-state index >= 15 is 0 Å². The minimum atomic E-state index is -2.66. The first kappa shape index (κ1) is 25.0. The molecule has 0 saturated heterocycles. The van der Waals surface area contributed by atoms with Crippen molar-refractivity contribution < 1.29 is 14.0 Å². The van der Waals surface area contributed by atoms with Crippen LogP contribution in [0.4, 0.5) is 8.78 Å². The Bertz CT molecular complexity index is 642. The van der Waals surface area contributed by atoms with Crippen LogP contribution in [0.25, 0.3) is 0 Å². The van der Waals surface area contributed by atoms with E-state index in [1.807, 2.05) is 0 Å². The molecule has 3 fully saturated rings. The van der Waals surface area contributed by atoms with Crippen LogP contribution in [0.2, 0.25) is 0 Å². The summed E-state index contributed by atoms with van der Waals surface area (Å²) >= 11 is 0. The van der Waals surface area contributed by atoms with Gasteiger partial charge in [-0.3, -0.25) is 0 Å². The maximum Gasteiger partial charge on any atom is 0.245 e. The molecule has 3 saturated carbocycles. The van der Waals surface area contributed by atoms with E-state index in [0.717, 1.165) is 49.7 Å². The Hall–Kier alpha value is -0.670. The highest BCUT2D eigenvalue weighted by atomic mass is 19.3. The lowest BCUT2D eigenvalue weighted by molar-refractivity contribution is -0.0557.